The Morgan fingerprint density at radius 3 is 3.00 bits per heavy atom. The van der Waals surface area contributed by atoms with Crippen LogP contribution in [0.1, 0.15) is 18.7 Å². The van der Waals surface area contributed by atoms with Gasteiger partial charge in [-0.05, 0) is 6.92 Å². The van der Waals surface area contributed by atoms with Crippen LogP contribution in [0, 0.1) is 0 Å². The van der Waals surface area contributed by atoms with E-state index in [1.807, 2.05) is 13.1 Å². The van der Waals surface area contributed by atoms with Gasteiger partial charge in [-0.3, -0.25) is 0 Å². The largest absolute Gasteiger partial charge is 0.383 e. The Morgan fingerprint density at radius 1 is 1.75 bits per heavy atom. The van der Waals surface area contributed by atoms with Crippen LogP contribution in [0.4, 0.5) is 0 Å². The third-order valence-electron chi connectivity index (χ3n) is 1.55. The molecule has 0 bridgehead atoms. The highest BCUT2D eigenvalue weighted by molar-refractivity contribution is 4.97. The van der Waals surface area contributed by atoms with Crippen molar-refractivity contribution >= 4 is 0 Å². The predicted molar refractivity (Wildman–Crippen MR) is 44.5 cm³/mol. The van der Waals surface area contributed by atoms with Crippen molar-refractivity contribution in [1.82, 2.24) is 15.0 Å². The van der Waals surface area contributed by atoms with E-state index in [-0.39, 0.29) is 6.04 Å². The molecule has 1 aromatic heterocycles. The summed E-state index contributed by atoms with van der Waals surface area (Å²) in [6.07, 6.45) is 1.84. The molecule has 1 aromatic rings. The summed E-state index contributed by atoms with van der Waals surface area (Å²) in [5, 5.41) is 7.78. The van der Waals surface area contributed by atoms with Crippen molar-refractivity contribution in [1.29, 1.82) is 0 Å². The van der Waals surface area contributed by atoms with Crippen molar-refractivity contribution in [3.63, 3.8) is 0 Å². The Morgan fingerprint density at radius 2 is 2.50 bits per heavy atom. The van der Waals surface area contributed by atoms with Crippen LogP contribution in [0.3, 0.4) is 0 Å². The molecule has 0 aliphatic rings. The van der Waals surface area contributed by atoms with Gasteiger partial charge in [0, 0.05) is 13.2 Å². The molecule has 0 saturated heterocycles. The van der Waals surface area contributed by atoms with E-state index >= 15 is 0 Å². The maximum Gasteiger partial charge on any atom is 0.0991 e. The fourth-order valence-corrected chi connectivity index (χ4v) is 0.816. The Labute approximate surface area is 71.5 Å². The molecule has 12 heavy (non-hydrogen) atoms. The van der Waals surface area contributed by atoms with Crippen LogP contribution in [0.15, 0.2) is 6.20 Å². The van der Waals surface area contributed by atoms with Gasteiger partial charge in [0.2, 0.25) is 0 Å². The van der Waals surface area contributed by atoms with Gasteiger partial charge in [-0.1, -0.05) is 5.21 Å². The Bertz CT molecular complexity index is 233. The highest BCUT2D eigenvalue weighted by atomic mass is 16.5. The highest BCUT2D eigenvalue weighted by Gasteiger charge is 2.03. The van der Waals surface area contributed by atoms with Gasteiger partial charge in [0.05, 0.1) is 25.0 Å². The Hall–Kier alpha value is -0.940. The zero-order valence-electron chi connectivity index (χ0n) is 7.40. The van der Waals surface area contributed by atoms with Gasteiger partial charge in [-0.2, -0.15) is 0 Å². The normalized spacial score (nSPS) is 13.2. The second-order valence-electron chi connectivity index (χ2n) is 2.69. The van der Waals surface area contributed by atoms with Crippen LogP contribution in [0.5, 0.6) is 0 Å². The van der Waals surface area contributed by atoms with Crippen LogP contribution in [0.25, 0.3) is 0 Å². The number of nitrogens with two attached hydrogens (primary N) is 1. The molecule has 0 radical (unpaired) electrons. The van der Waals surface area contributed by atoms with E-state index in [1.54, 1.807) is 11.8 Å². The van der Waals surface area contributed by atoms with Crippen molar-refractivity contribution < 1.29 is 4.74 Å². The summed E-state index contributed by atoms with van der Waals surface area (Å²) in [4.78, 5) is 0. The first-order valence-electron chi connectivity index (χ1n) is 3.88. The topological polar surface area (TPSA) is 66.0 Å². The number of rotatable bonds is 4. The molecule has 1 unspecified atom stereocenters. The van der Waals surface area contributed by atoms with E-state index in [9.17, 15) is 0 Å². The number of hydrogen-bond acceptors (Lipinski definition) is 4. The second kappa shape index (κ2) is 4.18. The molecule has 0 spiro atoms. The fourth-order valence-electron chi connectivity index (χ4n) is 0.816. The lowest BCUT2D eigenvalue weighted by Crippen LogP contribution is -2.06. The molecule has 2 N–H and O–H groups in total. The summed E-state index contributed by atoms with van der Waals surface area (Å²) in [6.45, 7) is 3.24. The van der Waals surface area contributed by atoms with E-state index in [0.29, 0.717) is 6.61 Å². The predicted octanol–water partition coefficient (Wildman–Crippen LogP) is -0.0558. The first-order valence-corrected chi connectivity index (χ1v) is 3.88. The van der Waals surface area contributed by atoms with Crippen LogP contribution < -0.4 is 5.73 Å². The minimum atomic E-state index is -0.0544. The first-order chi connectivity index (χ1) is 5.74. The number of methoxy groups -OCH3 is 1. The molecule has 68 valence electrons. The molecule has 0 aromatic carbocycles. The van der Waals surface area contributed by atoms with Crippen LogP contribution in [-0.2, 0) is 11.3 Å². The molecule has 0 fully saturated rings. The SMILES string of the molecule is COCCn1cc(C(C)N)nn1. The van der Waals surface area contributed by atoms with Gasteiger partial charge in [0.25, 0.3) is 0 Å². The van der Waals surface area contributed by atoms with E-state index < -0.39 is 0 Å². The Kier molecular flexibility index (Phi) is 3.19. The first kappa shape index (κ1) is 9.15. The fraction of sp³-hybridized carbons (Fsp3) is 0.714. The molecule has 0 saturated carbocycles. The summed E-state index contributed by atoms with van der Waals surface area (Å²) < 4.78 is 6.62. The molecule has 0 aliphatic heterocycles. The van der Waals surface area contributed by atoms with Crippen LogP contribution in [0.2, 0.25) is 0 Å². The minimum Gasteiger partial charge on any atom is -0.383 e. The monoisotopic (exact) mass is 170 g/mol. The zero-order chi connectivity index (χ0) is 8.97. The second-order valence-corrected chi connectivity index (χ2v) is 2.69. The Balaban J connectivity index is 2.52. The van der Waals surface area contributed by atoms with Gasteiger partial charge >= 0.3 is 0 Å². The maximum atomic E-state index is 5.61. The quantitative estimate of drug-likeness (QED) is 0.687. The average molecular weight is 170 g/mol. The van der Waals surface area contributed by atoms with E-state index in [0.717, 1.165) is 12.2 Å². The van der Waals surface area contributed by atoms with Crippen molar-refractivity contribution in [3.05, 3.63) is 11.9 Å². The molecule has 1 rings (SSSR count). The van der Waals surface area contributed by atoms with Gasteiger partial charge in [-0.15, -0.1) is 5.10 Å². The van der Waals surface area contributed by atoms with Crippen molar-refractivity contribution in [2.24, 2.45) is 5.73 Å². The van der Waals surface area contributed by atoms with Crippen molar-refractivity contribution in [2.45, 2.75) is 19.5 Å². The third-order valence-corrected chi connectivity index (χ3v) is 1.55. The molecule has 5 heteroatoms. The molecular formula is C7H14N4O. The van der Waals surface area contributed by atoms with E-state index in [4.69, 9.17) is 10.5 Å². The standard InChI is InChI=1S/C7H14N4O/c1-6(8)7-5-11(10-9-7)3-4-12-2/h5-6H,3-4,8H2,1-2H3. The molecular weight excluding hydrogens is 156 g/mol. The van der Waals surface area contributed by atoms with Gasteiger partial charge < -0.3 is 10.5 Å². The van der Waals surface area contributed by atoms with Crippen molar-refractivity contribution in [3.8, 4) is 0 Å². The summed E-state index contributed by atoms with van der Waals surface area (Å²) in [5.41, 5.74) is 6.42. The smallest absolute Gasteiger partial charge is 0.0991 e. The third kappa shape index (κ3) is 2.28. The van der Waals surface area contributed by atoms with Crippen molar-refractivity contribution in [2.75, 3.05) is 13.7 Å². The number of nitrogens with zero attached hydrogens (tertiary/aromatic N) is 3. The van der Waals surface area contributed by atoms with Crippen LogP contribution in [-0.4, -0.2) is 28.7 Å². The molecule has 5 nitrogen and oxygen atoms in total. The van der Waals surface area contributed by atoms with E-state index in [2.05, 4.69) is 10.3 Å². The molecule has 0 amide bonds. The lowest BCUT2D eigenvalue weighted by atomic mass is 10.3. The van der Waals surface area contributed by atoms with Gasteiger partial charge in [-0.25, -0.2) is 4.68 Å². The van der Waals surface area contributed by atoms with Gasteiger partial charge in [0.1, 0.15) is 0 Å². The molecule has 1 heterocycles. The number of ether oxygens (including phenoxy) is 1. The zero-order valence-corrected chi connectivity index (χ0v) is 7.40. The average Bonchev–Trinajstić information content (AvgIpc) is 2.48. The molecule has 0 aliphatic carbocycles. The summed E-state index contributed by atoms with van der Waals surface area (Å²) in [7, 11) is 1.66. The summed E-state index contributed by atoms with van der Waals surface area (Å²) in [6, 6.07) is -0.0544. The maximum absolute atomic E-state index is 5.61. The lowest BCUT2D eigenvalue weighted by molar-refractivity contribution is 0.183. The lowest BCUT2D eigenvalue weighted by Gasteiger charge is -1.97. The highest BCUT2D eigenvalue weighted by Crippen LogP contribution is 2.02. The summed E-state index contributed by atoms with van der Waals surface area (Å²) >= 11 is 0. The summed E-state index contributed by atoms with van der Waals surface area (Å²) in [5.74, 6) is 0. The van der Waals surface area contributed by atoms with E-state index in [1.165, 1.54) is 0 Å². The number of hydrogen-bond donors (Lipinski definition) is 1. The minimum absolute atomic E-state index is 0.0544. The van der Waals surface area contributed by atoms with Gasteiger partial charge in [0.15, 0.2) is 0 Å². The molecule has 1 atom stereocenters. The van der Waals surface area contributed by atoms with Crippen LogP contribution >= 0.6 is 0 Å². The number of aromatic nitrogens is 3.